The number of amides is 2. The second kappa shape index (κ2) is 15.7. The summed E-state index contributed by atoms with van der Waals surface area (Å²) in [4.78, 5) is 91.3. The van der Waals surface area contributed by atoms with Crippen molar-refractivity contribution in [2.24, 2.45) is 40.9 Å². The summed E-state index contributed by atoms with van der Waals surface area (Å²) in [6.07, 6.45) is 11.3. The summed E-state index contributed by atoms with van der Waals surface area (Å²) in [5.41, 5.74) is -0.507. The predicted molar refractivity (Wildman–Crippen MR) is 177 cm³/mol. The minimum Gasteiger partial charge on any atom is -0.344 e. The molecule has 0 radical (unpaired) electrons. The van der Waals surface area contributed by atoms with Crippen LogP contribution in [0.25, 0.3) is 0 Å². The van der Waals surface area contributed by atoms with Crippen molar-refractivity contribution in [2.45, 2.75) is 124 Å². The van der Waals surface area contributed by atoms with E-state index in [1.807, 2.05) is 41.5 Å². The molecule has 1 aromatic heterocycles. The Bertz CT molecular complexity index is 1320. The average Bonchev–Trinajstić information content (AvgIpc) is 3.60. The highest BCUT2D eigenvalue weighted by Gasteiger charge is 2.52. The first-order valence-electron chi connectivity index (χ1n) is 17.7. The Kier molecular flexibility index (Phi) is 12.2. The van der Waals surface area contributed by atoms with Crippen LogP contribution in [0.1, 0.15) is 123 Å². The van der Waals surface area contributed by atoms with Crippen LogP contribution in [0.2, 0.25) is 0 Å². The van der Waals surface area contributed by atoms with E-state index in [1.54, 1.807) is 4.90 Å². The van der Waals surface area contributed by atoms with Gasteiger partial charge in [-0.05, 0) is 61.2 Å². The molecule has 2 amide bonds. The van der Waals surface area contributed by atoms with Crippen molar-refractivity contribution in [3.63, 3.8) is 0 Å². The molecule has 2 aliphatic carbocycles. The number of carbonyl (C=O) groups is 6. The zero-order valence-electron chi connectivity index (χ0n) is 29.1. The smallest absolute Gasteiger partial charge is 0.246 e. The lowest BCUT2D eigenvalue weighted by molar-refractivity contribution is -0.146. The van der Waals surface area contributed by atoms with Gasteiger partial charge in [-0.1, -0.05) is 60.8 Å². The molecule has 0 bridgehead atoms. The predicted octanol–water partition coefficient (Wildman–Crippen LogP) is 5.18. The molecular formula is C37H54N4O6. The van der Waals surface area contributed by atoms with E-state index in [0.717, 1.165) is 38.5 Å². The topological polar surface area (TPSA) is 143 Å². The summed E-state index contributed by atoms with van der Waals surface area (Å²) in [5.74, 6) is -3.10. The first kappa shape index (κ1) is 36.5. The molecule has 1 N–H and O–H groups in total. The Morgan fingerprint density at radius 2 is 1.68 bits per heavy atom. The molecule has 3 aliphatic rings. The Balaban J connectivity index is 1.53. The van der Waals surface area contributed by atoms with E-state index < -0.39 is 41.0 Å². The molecule has 258 valence electrons. The summed E-state index contributed by atoms with van der Waals surface area (Å²) < 4.78 is 0. The Hall–Kier alpha value is -3.30. The van der Waals surface area contributed by atoms with Gasteiger partial charge in [-0.2, -0.15) is 0 Å². The lowest BCUT2D eigenvalue weighted by Crippen LogP contribution is -2.58. The molecule has 10 nitrogen and oxygen atoms in total. The minimum absolute atomic E-state index is 0.00107. The van der Waals surface area contributed by atoms with E-state index in [2.05, 4.69) is 15.3 Å². The molecule has 1 aliphatic heterocycles. The molecule has 0 aromatic carbocycles. The Morgan fingerprint density at radius 1 is 0.979 bits per heavy atom. The number of hydrogen-bond acceptors (Lipinski definition) is 8. The third-order valence-corrected chi connectivity index (χ3v) is 10.7. The zero-order chi connectivity index (χ0) is 34.5. The van der Waals surface area contributed by atoms with Crippen molar-refractivity contribution in [3.05, 3.63) is 24.3 Å². The Morgan fingerprint density at radius 3 is 2.26 bits per heavy atom. The van der Waals surface area contributed by atoms with Gasteiger partial charge in [0.05, 0.1) is 12.2 Å². The van der Waals surface area contributed by atoms with Gasteiger partial charge < -0.3 is 10.2 Å². The third kappa shape index (κ3) is 8.79. The fourth-order valence-electron chi connectivity index (χ4n) is 7.71. The number of ketones is 4. The molecule has 1 aromatic rings. The average molecular weight is 651 g/mol. The van der Waals surface area contributed by atoms with Crippen LogP contribution in [0, 0.1) is 40.9 Å². The molecule has 2 saturated carbocycles. The largest absolute Gasteiger partial charge is 0.344 e. The fraction of sp³-hybridized carbons (Fsp3) is 0.730. The van der Waals surface area contributed by atoms with Gasteiger partial charge in [-0.25, -0.2) is 4.98 Å². The summed E-state index contributed by atoms with van der Waals surface area (Å²) in [6.45, 7) is 11.7. The maximum absolute atomic E-state index is 14.5. The van der Waals surface area contributed by atoms with Crippen molar-refractivity contribution < 1.29 is 28.8 Å². The first-order chi connectivity index (χ1) is 22.2. The third-order valence-electron chi connectivity index (χ3n) is 10.7. The first-order valence-corrected chi connectivity index (χ1v) is 17.7. The maximum Gasteiger partial charge on any atom is 0.246 e. The second-order valence-electron chi connectivity index (χ2n) is 15.6. The number of carbonyl (C=O) groups excluding carboxylic acids is 6. The number of fused-ring (bicyclic) bond motifs is 1. The van der Waals surface area contributed by atoms with Crippen LogP contribution in [-0.4, -0.2) is 68.4 Å². The molecule has 47 heavy (non-hydrogen) atoms. The molecule has 4 rings (SSSR count). The fourth-order valence-corrected chi connectivity index (χ4v) is 7.71. The van der Waals surface area contributed by atoms with Gasteiger partial charge in [0.2, 0.25) is 17.6 Å². The van der Waals surface area contributed by atoms with Gasteiger partial charge in [-0.3, -0.25) is 33.8 Å². The molecule has 2 heterocycles. The monoisotopic (exact) mass is 650 g/mol. The molecule has 6 atom stereocenters. The van der Waals surface area contributed by atoms with Crippen molar-refractivity contribution in [2.75, 3.05) is 6.54 Å². The second-order valence-corrected chi connectivity index (χ2v) is 15.6. The highest BCUT2D eigenvalue weighted by Crippen LogP contribution is 2.44. The number of Topliss-reactive ketones (excluding diaryl/α,β-unsaturated/α-hetero) is 4. The molecule has 1 saturated heterocycles. The number of likely N-dealkylation sites (tertiary alicyclic amines) is 1. The summed E-state index contributed by atoms with van der Waals surface area (Å²) in [7, 11) is 0. The van der Waals surface area contributed by atoms with Crippen molar-refractivity contribution in [1.82, 2.24) is 20.2 Å². The number of rotatable bonds is 16. The van der Waals surface area contributed by atoms with E-state index in [1.165, 1.54) is 18.6 Å². The summed E-state index contributed by atoms with van der Waals surface area (Å²) >= 11 is 0. The van der Waals surface area contributed by atoms with Crippen LogP contribution in [0.5, 0.6) is 0 Å². The van der Waals surface area contributed by atoms with E-state index in [4.69, 9.17) is 0 Å². The number of nitrogens with one attached hydrogen (secondary N) is 1. The lowest BCUT2D eigenvalue weighted by Gasteiger charge is -2.37. The molecule has 10 heteroatoms. The number of hydrogen-bond donors (Lipinski definition) is 1. The highest BCUT2D eigenvalue weighted by atomic mass is 16.2. The highest BCUT2D eigenvalue weighted by molar-refractivity contribution is 6.38. The quantitative estimate of drug-likeness (QED) is 0.190. The van der Waals surface area contributed by atoms with Crippen LogP contribution in [0.4, 0.5) is 0 Å². The normalized spacial score (nSPS) is 23.0. The van der Waals surface area contributed by atoms with Gasteiger partial charge in [0.15, 0.2) is 17.3 Å². The summed E-state index contributed by atoms with van der Waals surface area (Å²) in [5, 5.41) is 2.99. The van der Waals surface area contributed by atoms with Gasteiger partial charge in [0, 0.05) is 50.0 Å². The molecule has 1 unspecified atom stereocenters. The van der Waals surface area contributed by atoms with E-state index in [9.17, 15) is 28.8 Å². The number of nitrogens with zero attached hydrogens (tertiary/aromatic N) is 3. The van der Waals surface area contributed by atoms with E-state index >= 15 is 0 Å². The number of aromatic nitrogens is 2. The lowest BCUT2D eigenvalue weighted by atomic mass is 9.79. The van der Waals surface area contributed by atoms with Gasteiger partial charge in [0.1, 0.15) is 11.7 Å². The van der Waals surface area contributed by atoms with E-state index in [-0.39, 0.29) is 71.9 Å². The van der Waals surface area contributed by atoms with Crippen LogP contribution in [0.15, 0.2) is 18.6 Å². The van der Waals surface area contributed by atoms with Gasteiger partial charge >= 0.3 is 0 Å². The van der Waals surface area contributed by atoms with E-state index in [0.29, 0.717) is 19.4 Å². The standard InChI is InChI=1S/C37H54N4O6/c1-7-10-24(33(45)31(44)17-23-11-8-12-23)18-30(43)32-26-14-9-13-25(26)21-41(32)36(47)34(37(4,5)6)40-35(46)27(22(2)3)19-29(42)28-20-38-15-16-39-28/h15-16,20,22-27,32,34H,7-14,17-19,21H2,1-6H3,(H,40,46)/t24?,25-,26-,27+,32-,34+/m0/s1. The van der Waals surface area contributed by atoms with Gasteiger partial charge in [0.25, 0.3) is 0 Å². The molecule has 3 fully saturated rings. The molecular weight excluding hydrogens is 596 g/mol. The van der Waals surface area contributed by atoms with Crippen molar-refractivity contribution in [1.29, 1.82) is 0 Å². The SMILES string of the molecule is CCCC(CC(=O)[C@@H]1[C@H]2CCC[C@H]2CN1C(=O)[C@@H](NC(=O)[C@H](CC(=O)c1cnccn1)C(C)C)C(C)(C)C)C(=O)C(=O)CC1CCC1. The van der Waals surface area contributed by atoms with Crippen LogP contribution < -0.4 is 5.32 Å². The Labute approximate surface area is 279 Å². The zero-order valence-corrected chi connectivity index (χ0v) is 29.1. The van der Waals surface area contributed by atoms with Crippen LogP contribution in [0.3, 0.4) is 0 Å². The van der Waals surface area contributed by atoms with Crippen molar-refractivity contribution >= 4 is 34.9 Å². The van der Waals surface area contributed by atoms with Crippen LogP contribution in [-0.2, 0) is 24.0 Å². The summed E-state index contributed by atoms with van der Waals surface area (Å²) in [6, 6.07) is -1.63. The van der Waals surface area contributed by atoms with Gasteiger partial charge in [-0.15, -0.1) is 0 Å². The minimum atomic E-state index is -0.936. The van der Waals surface area contributed by atoms with Crippen LogP contribution >= 0.6 is 0 Å². The van der Waals surface area contributed by atoms with Crippen molar-refractivity contribution in [3.8, 4) is 0 Å². The maximum atomic E-state index is 14.5. The molecule has 0 spiro atoms.